The largest absolute Gasteiger partial charge is 0.446 e. The smallest absolute Gasteiger partial charge is 0.360 e. The molecule has 0 amide bonds. The highest BCUT2D eigenvalue weighted by molar-refractivity contribution is 7.81. The number of halogens is 1. The van der Waals surface area contributed by atoms with Gasteiger partial charge in [-0.3, -0.25) is 9.54 Å². The number of hydrogen-bond donors (Lipinski definition) is 1. The quantitative estimate of drug-likeness (QED) is 0.842. The molecule has 0 aliphatic carbocycles. The number of aromatic nitrogens is 1. The van der Waals surface area contributed by atoms with Crippen LogP contribution >= 0.6 is 0 Å². The molecule has 1 N–H and O–H groups in total. The molecule has 23 heavy (non-hydrogen) atoms. The molecule has 5 nitrogen and oxygen atoms in total. The Bertz CT molecular complexity index is 832. The average Bonchev–Trinajstić information content (AvgIpc) is 2.44. The first-order valence-corrected chi connectivity index (χ1v) is 8.22. The summed E-state index contributed by atoms with van der Waals surface area (Å²) in [5, 5.41) is 0. The second kappa shape index (κ2) is 6.89. The van der Waals surface area contributed by atoms with E-state index in [9.17, 15) is 12.8 Å². The van der Waals surface area contributed by atoms with Crippen LogP contribution < -0.4 is 4.18 Å². The molecule has 2 aromatic rings. The summed E-state index contributed by atoms with van der Waals surface area (Å²) in [6.45, 7) is 3.63. The van der Waals surface area contributed by atoms with Crippen molar-refractivity contribution in [3.63, 3.8) is 0 Å². The molecule has 122 valence electrons. The van der Waals surface area contributed by atoms with Gasteiger partial charge in [0, 0.05) is 11.8 Å². The zero-order valence-corrected chi connectivity index (χ0v) is 13.4. The van der Waals surface area contributed by atoms with Crippen molar-refractivity contribution in [2.75, 3.05) is 0 Å². The summed E-state index contributed by atoms with van der Waals surface area (Å²) in [5.41, 5.74) is 1.29. The summed E-state index contributed by atoms with van der Waals surface area (Å²) < 4.78 is 48.9. The molecule has 0 fully saturated rings. The Hall–Kier alpha value is -2.25. The molecule has 0 saturated heterocycles. The summed E-state index contributed by atoms with van der Waals surface area (Å²) in [5.74, 6) is -0.528. The molecule has 0 aliphatic rings. The summed E-state index contributed by atoms with van der Waals surface area (Å²) in [6.07, 6.45) is 4.63. The molecule has 1 heterocycles. The van der Waals surface area contributed by atoms with E-state index >= 15 is 0 Å². The van der Waals surface area contributed by atoms with Crippen molar-refractivity contribution in [2.45, 2.75) is 19.8 Å². The Morgan fingerprint density at radius 1 is 1.26 bits per heavy atom. The zero-order chi connectivity index (χ0) is 17.0. The lowest BCUT2D eigenvalue weighted by Crippen LogP contribution is -2.10. The Morgan fingerprint density at radius 3 is 2.57 bits per heavy atom. The van der Waals surface area contributed by atoms with Crippen LogP contribution in [0, 0.1) is 5.82 Å². The highest BCUT2D eigenvalue weighted by Gasteiger charge is 2.15. The van der Waals surface area contributed by atoms with Gasteiger partial charge in [0.05, 0.1) is 5.69 Å². The van der Waals surface area contributed by atoms with Crippen molar-refractivity contribution in [3.05, 3.63) is 59.2 Å². The van der Waals surface area contributed by atoms with Crippen LogP contribution in [0.1, 0.15) is 36.6 Å². The Balaban J connectivity index is 2.37. The fraction of sp³-hybridized carbons (Fsp3) is 0.188. The van der Waals surface area contributed by atoms with E-state index in [2.05, 4.69) is 9.17 Å². The van der Waals surface area contributed by atoms with E-state index < -0.39 is 10.4 Å². The molecule has 0 aliphatic heterocycles. The maximum Gasteiger partial charge on any atom is 0.446 e. The van der Waals surface area contributed by atoms with Gasteiger partial charge in [0.1, 0.15) is 5.82 Å². The van der Waals surface area contributed by atoms with Gasteiger partial charge in [-0.25, -0.2) is 4.39 Å². The molecule has 0 unspecified atom stereocenters. The Morgan fingerprint density at radius 2 is 1.96 bits per heavy atom. The standard InChI is InChI=1S/C16H16FNO4S/c1-11(2)16-15(22-23(19,20)21)9-12(10-18-16)7-8-13-5-3-4-6-14(13)17/h3-11H,1-2H3,(H,19,20,21). The van der Waals surface area contributed by atoms with Crippen LogP contribution in [0.25, 0.3) is 12.2 Å². The van der Waals surface area contributed by atoms with E-state index in [-0.39, 0.29) is 17.5 Å². The SMILES string of the molecule is CC(C)c1ncc(C=Cc2ccccc2F)cc1OS(=O)(=O)O. The van der Waals surface area contributed by atoms with Gasteiger partial charge >= 0.3 is 10.4 Å². The van der Waals surface area contributed by atoms with Gasteiger partial charge in [-0.2, -0.15) is 8.42 Å². The van der Waals surface area contributed by atoms with Gasteiger partial charge in [-0.15, -0.1) is 0 Å². The van der Waals surface area contributed by atoms with Gasteiger partial charge in [-0.1, -0.05) is 44.2 Å². The predicted molar refractivity (Wildman–Crippen MR) is 85.8 cm³/mol. The molecule has 0 spiro atoms. The van der Waals surface area contributed by atoms with Crippen LogP contribution in [-0.2, 0) is 10.4 Å². The third-order valence-electron chi connectivity index (χ3n) is 3.01. The van der Waals surface area contributed by atoms with Crippen molar-refractivity contribution in [3.8, 4) is 5.75 Å². The van der Waals surface area contributed by atoms with E-state index in [0.29, 0.717) is 16.8 Å². The summed E-state index contributed by atoms with van der Waals surface area (Å²) >= 11 is 0. The van der Waals surface area contributed by atoms with Crippen LogP contribution in [0.2, 0.25) is 0 Å². The van der Waals surface area contributed by atoms with Crippen LogP contribution in [0.15, 0.2) is 36.5 Å². The van der Waals surface area contributed by atoms with Crippen LogP contribution in [0.3, 0.4) is 0 Å². The van der Waals surface area contributed by atoms with E-state index in [1.54, 1.807) is 30.4 Å². The molecule has 0 saturated carbocycles. The minimum absolute atomic E-state index is 0.0572. The number of benzene rings is 1. The summed E-state index contributed by atoms with van der Waals surface area (Å²) in [7, 11) is -4.65. The second-order valence-corrected chi connectivity index (χ2v) is 6.19. The topological polar surface area (TPSA) is 76.5 Å². The molecule has 1 aromatic carbocycles. The van der Waals surface area contributed by atoms with E-state index in [1.165, 1.54) is 18.3 Å². The predicted octanol–water partition coefficient (Wildman–Crippen LogP) is 3.70. The van der Waals surface area contributed by atoms with Crippen molar-refractivity contribution >= 4 is 22.6 Å². The first kappa shape index (κ1) is 17.1. The molecule has 1 aromatic heterocycles. The van der Waals surface area contributed by atoms with Gasteiger partial charge in [-0.05, 0) is 23.6 Å². The number of nitrogens with zero attached hydrogens (tertiary/aromatic N) is 1. The second-order valence-electron chi connectivity index (χ2n) is 5.17. The summed E-state index contributed by atoms with van der Waals surface area (Å²) in [6, 6.07) is 7.66. The third kappa shape index (κ3) is 4.87. The molecule has 7 heteroatoms. The fourth-order valence-electron chi connectivity index (χ4n) is 1.97. The van der Waals surface area contributed by atoms with Crippen molar-refractivity contribution in [1.82, 2.24) is 4.98 Å². The van der Waals surface area contributed by atoms with Crippen molar-refractivity contribution in [2.24, 2.45) is 0 Å². The van der Waals surface area contributed by atoms with E-state index in [4.69, 9.17) is 4.55 Å². The Kier molecular flexibility index (Phi) is 5.12. The number of rotatable bonds is 5. The van der Waals surface area contributed by atoms with Gasteiger partial charge in [0.2, 0.25) is 0 Å². The minimum Gasteiger partial charge on any atom is -0.360 e. The van der Waals surface area contributed by atoms with Crippen molar-refractivity contribution in [1.29, 1.82) is 0 Å². The average molecular weight is 337 g/mol. The third-order valence-corrected chi connectivity index (χ3v) is 3.40. The molecule has 0 radical (unpaired) electrons. The normalized spacial score (nSPS) is 12.0. The van der Waals surface area contributed by atoms with Gasteiger partial charge < -0.3 is 4.18 Å². The van der Waals surface area contributed by atoms with Crippen molar-refractivity contribution < 1.29 is 21.5 Å². The first-order chi connectivity index (χ1) is 10.8. The van der Waals surface area contributed by atoms with E-state index in [0.717, 1.165) is 0 Å². The lowest BCUT2D eigenvalue weighted by atomic mass is 10.1. The fourth-order valence-corrected chi connectivity index (χ4v) is 2.33. The molecule has 0 bridgehead atoms. The lowest BCUT2D eigenvalue weighted by molar-refractivity contribution is 0.383. The Labute approximate surface area is 134 Å². The number of pyridine rings is 1. The monoisotopic (exact) mass is 337 g/mol. The zero-order valence-electron chi connectivity index (χ0n) is 12.6. The van der Waals surface area contributed by atoms with Gasteiger partial charge in [0.25, 0.3) is 0 Å². The number of hydrogen-bond acceptors (Lipinski definition) is 4. The lowest BCUT2D eigenvalue weighted by Gasteiger charge is -2.11. The van der Waals surface area contributed by atoms with Crippen LogP contribution in [0.4, 0.5) is 4.39 Å². The maximum atomic E-state index is 13.6. The van der Waals surface area contributed by atoms with Crippen LogP contribution in [0.5, 0.6) is 5.75 Å². The molecular weight excluding hydrogens is 321 g/mol. The molecule has 2 rings (SSSR count). The maximum absolute atomic E-state index is 13.6. The van der Waals surface area contributed by atoms with Gasteiger partial charge in [0.15, 0.2) is 5.75 Å². The van der Waals surface area contributed by atoms with E-state index in [1.807, 2.05) is 13.8 Å². The van der Waals surface area contributed by atoms with Crippen LogP contribution in [-0.4, -0.2) is 18.0 Å². The molecular formula is C16H16FNO4S. The summed E-state index contributed by atoms with van der Waals surface area (Å²) in [4.78, 5) is 4.15. The first-order valence-electron chi connectivity index (χ1n) is 6.85. The molecule has 0 atom stereocenters. The highest BCUT2D eigenvalue weighted by atomic mass is 32.3. The highest BCUT2D eigenvalue weighted by Crippen LogP contribution is 2.27. The minimum atomic E-state index is -4.65.